The van der Waals surface area contributed by atoms with Crippen LogP contribution >= 0.6 is 11.3 Å². The van der Waals surface area contributed by atoms with Crippen molar-refractivity contribution in [2.75, 3.05) is 12.3 Å². The van der Waals surface area contributed by atoms with E-state index in [4.69, 9.17) is 0 Å². The molecule has 3 nitrogen and oxygen atoms in total. The molecule has 0 saturated carbocycles. The second-order valence-electron chi connectivity index (χ2n) is 5.19. The van der Waals surface area contributed by atoms with E-state index in [2.05, 4.69) is 23.0 Å². The molecule has 1 aromatic rings. The van der Waals surface area contributed by atoms with E-state index in [0.29, 0.717) is 6.54 Å². The minimum atomic E-state index is -3.01. The summed E-state index contributed by atoms with van der Waals surface area (Å²) < 4.78 is 23.0. The third-order valence-electron chi connectivity index (χ3n) is 2.76. The molecule has 0 fully saturated rings. The number of thiophene rings is 1. The summed E-state index contributed by atoms with van der Waals surface area (Å²) in [4.78, 5) is 0. The average Bonchev–Trinajstić information content (AvgIpc) is 2.57. The molecule has 0 radical (unpaired) electrons. The van der Waals surface area contributed by atoms with Crippen molar-refractivity contribution in [3.05, 3.63) is 21.9 Å². The van der Waals surface area contributed by atoms with Crippen molar-refractivity contribution in [2.45, 2.75) is 39.0 Å². The first-order chi connectivity index (χ1) is 7.74. The van der Waals surface area contributed by atoms with E-state index in [1.54, 1.807) is 32.1 Å². The first kappa shape index (κ1) is 14.7. The first-order valence-electron chi connectivity index (χ1n) is 5.69. The van der Waals surface area contributed by atoms with Crippen molar-refractivity contribution >= 4 is 21.2 Å². The molecule has 0 atom stereocenters. The lowest BCUT2D eigenvalue weighted by Crippen LogP contribution is -2.34. The van der Waals surface area contributed by atoms with Gasteiger partial charge in [-0.3, -0.25) is 0 Å². The molecule has 98 valence electrons. The van der Waals surface area contributed by atoms with Gasteiger partial charge >= 0.3 is 0 Å². The van der Waals surface area contributed by atoms with Gasteiger partial charge in [-0.15, -0.1) is 0 Å². The van der Waals surface area contributed by atoms with Gasteiger partial charge in [-0.05, 0) is 49.6 Å². The molecule has 0 aliphatic rings. The summed E-state index contributed by atoms with van der Waals surface area (Å²) in [7, 11) is -3.01. The highest BCUT2D eigenvalue weighted by Gasteiger charge is 2.27. The summed E-state index contributed by atoms with van der Waals surface area (Å²) in [5.41, 5.74) is 2.52. The van der Waals surface area contributed by atoms with Gasteiger partial charge in [0.15, 0.2) is 9.84 Å². The van der Waals surface area contributed by atoms with Crippen LogP contribution in [0.2, 0.25) is 0 Å². The Morgan fingerprint density at radius 3 is 2.41 bits per heavy atom. The van der Waals surface area contributed by atoms with E-state index in [0.717, 1.165) is 6.54 Å². The van der Waals surface area contributed by atoms with Crippen LogP contribution in [-0.2, 0) is 16.4 Å². The van der Waals surface area contributed by atoms with Gasteiger partial charge in [0.1, 0.15) is 0 Å². The number of nitrogens with one attached hydrogen (secondary N) is 1. The Balaban J connectivity index is 2.37. The largest absolute Gasteiger partial charge is 0.312 e. The van der Waals surface area contributed by atoms with Gasteiger partial charge in [0, 0.05) is 13.1 Å². The Morgan fingerprint density at radius 1 is 1.29 bits per heavy atom. The van der Waals surface area contributed by atoms with Gasteiger partial charge in [-0.2, -0.15) is 11.3 Å². The van der Waals surface area contributed by atoms with Gasteiger partial charge in [-0.1, -0.05) is 0 Å². The summed E-state index contributed by atoms with van der Waals surface area (Å²) >= 11 is 1.68. The standard InChI is InChI=1S/C12H21NO2S2/c1-10-8-16-9-11(10)7-13-5-6-17(14,15)12(2,3)4/h8-9,13H,5-7H2,1-4H3. The molecule has 17 heavy (non-hydrogen) atoms. The molecular formula is C12H21NO2S2. The fourth-order valence-electron chi connectivity index (χ4n) is 1.30. The molecule has 5 heteroatoms. The minimum Gasteiger partial charge on any atom is -0.312 e. The van der Waals surface area contributed by atoms with Crippen molar-refractivity contribution in [1.82, 2.24) is 5.32 Å². The van der Waals surface area contributed by atoms with Crippen LogP contribution in [0.1, 0.15) is 31.9 Å². The van der Waals surface area contributed by atoms with Crippen LogP contribution in [-0.4, -0.2) is 25.5 Å². The Hall–Kier alpha value is -0.390. The van der Waals surface area contributed by atoms with E-state index in [9.17, 15) is 8.42 Å². The van der Waals surface area contributed by atoms with Crippen molar-refractivity contribution in [1.29, 1.82) is 0 Å². The quantitative estimate of drug-likeness (QED) is 0.839. The van der Waals surface area contributed by atoms with Crippen molar-refractivity contribution in [2.24, 2.45) is 0 Å². The molecular weight excluding hydrogens is 254 g/mol. The summed E-state index contributed by atoms with van der Waals surface area (Å²) in [6.45, 7) is 8.55. The smallest absolute Gasteiger partial charge is 0.156 e. The van der Waals surface area contributed by atoms with Crippen LogP contribution in [0.3, 0.4) is 0 Å². The molecule has 1 aromatic heterocycles. The lowest BCUT2D eigenvalue weighted by Gasteiger charge is -2.19. The zero-order chi connectivity index (χ0) is 13.1. The van der Waals surface area contributed by atoms with Crippen LogP contribution in [0, 0.1) is 6.92 Å². The van der Waals surface area contributed by atoms with Crippen LogP contribution in [0.15, 0.2) is 10.8 Å². The topological polar surface area (TPSA) is 46.2 Å². The fourth-order valence-corrected chi connectivity index (χ4v) is 3.19. The molecule has 1 rings (SSSR count). The fraction of sp³-hybridized carbons (Fsp3) is 0.667. The van der Waals surface area contributed by atoms with Gasteiger partial charge in [-0.25, -0.2) is 8.42 Å². The van der Waals surface area contributed by atoms with E-state index in [-0.39, 0.29) is 5.75 Å². The molecule has 1 heterocycles. The minimum absolute atomic E-state index is 0.194. The predicted molar refractivity (Wildman–Crippen MR) is 74.3 cm³/mol. The van der Waals surface area contributed by atoms with Crippen LogP contribution in [0.5, 0.6) is 0 Å². The first-order valence-corrected chi connectivity index (χ1v) is 8.28. The molecule has 0 saturated heterocycles. The van der Waals surface area contributed by atoms with E-state index in [1.807, 2.05) is 0 Å². The highest BCUT2D eigenvalue weighted by Crippen LogP contribution is 2.16. The molecule has 0 aromatic carbocycles. The molecule has 1 N–H and O–H groups in total. The zero-order valence-corrected chi connectivity index (χ0v) is 12.5. The molecule has 0 amide bonds. The normalized spacial score (nSPS) is 12.9. The summed E-state index contributed by atoms with van der Waals surface area (Å²) in [5.74, 6) is 0.194. The Bertz CT molecular complexity index is 455. The zero-order valence-electron chi connectivity index (χ0n) is 10.9. The van der Waals surface area contributed by atoms with Crippen molar-refractivity contribution in [3.63, 3.8) is 0 Å². The molecule has 0 spiro atoms. The monoisotopic (exact) mass is 275 g/mol. The Kier molecular flexibility index (Phi) is 4.75. The van der Waals surface area contributed by atoms with Gasteiger partial charge in [0.25, 0.3) is 0 Å². The van der Waals surface area contributed by atoms with Crippen LogP contribution in [0.4, 0.5) is 0 Å². The molecule has 0 bridgehead atoms. The predicted octanol–water partition coefficient (Wildman–Crippen LogP) is 2.36. The van der Waals surface area contributed by atoms with Crippen molar-refractivity contribution < 1.29 is 8.42 Å². The van der Waals surface area contributed by atoms with Crippen LogP contribution in [0.25, 0.3) is 0 Å². The maximum atomic E-state index is 11.8. The molecule has 0 aliphatic carbocycles. The van der Waals surface area contributed by atoms with Crippen LogP contribution < -0.4 is 5.32 Å². The average molecular weight is 275 g/mol. The maximum absolute atomic E-state index is 11.8. The lowest BCUT2D eigenvalue weighted by atomic mass is 10.2. The number of rotatable bonds is 5. The second kappa shape index (κ2) is 5.50. The molecule has 0 unspecified atom stereocenters. The third-order valence-corrected chi connectivity index (χ3v) is 6.28. The molecule has 0 aliphatic heterocycles. The van der Waals surface area contributed by atoms with E-state index >= 15 is 0 Å². The summed E-state index contributed by atoms with van der Waals surface area (Å²) in [5, 5.41) is 7.38. The summed E-state index contributed by atoms with van der Waals surface area (Å²) in [6.07, 6.45) is 0. The highest BCUT2D eigenvalue weighted by molar-refractivity contribution is 7.92. The lowest BCUT2D eigenvalue weighted by molar-refractivity contribution is 0.556. The van der Waals surface area contributed by atoms with Gasteiger partial charge in [0.05, 0.1) is 10.5 Å². The number of hydrogen-bond donors (Lipinski definition) is 1. The van der Waals surface area contributed by atoms with Gasteiger partial charge in [0.2, 0.25) is 0 Å². The van der Waals surface area contributed by atoms with Gasteiger partial charge < -0.3 is 5.32 Å². The van der Waals surface area contributed by atoms with Crippen molar-refractivity contribution in [3.8, 4) is 0 Å². The highest BCUT2D eigenvalue weighted by atomic mass is 32.2. The maximum Gasteiger partial charge on any atom is 0.156 e. The van der Waals surface area contributed by atoms with E-state index in [1.165, 1.54) is 11.1 Å². The number of sulfone groups is 1. The summed E-state index contributed by atoms with van der Waals surface area (Å²) in [6, 6.07) is 0. The SMILES string of the molecule is Cc1cscc1CNCCS(=O)(=O)C(C)(C)C. The van der Waals surface area contributed by atoms with E-state index < -0.39 is 14.6 Å². The second-order valence-corrected chi connectivity index (χ2v) is 8.79. The Morgan fingerprint density at radius 2 is 1.94 bits per heavy atom. The number of hydrogen-bond acceptors (Lipinski definition) is 4. The Labute approximate surface area is 108 Å². The number of aryl methyl sites for hydroxylation is 1. The third kappa shape index (κ3) is 4.08.